The van der Waals surface area contributed by atoms with Crippen LogP contribution in [-0.2, 0) is 6.42 Å². The van der Waals surface area contributed by atoms with Gasteiger partial charge in [0, 0.05) is 11.6 Å². The number of hydrogen-bond donors (Lipinski definition) is 1. The molecule has 0 fully saturated rings. The third kappa shape index (κ3) is 3.58. The van der Waals surface area contributed by atoms with Gasteiger partial charge in [0.2, 0.25) is 0 Å². The second-order valence-electron chi connectivity index (χ2n) is 4.55. The van der Waals surface area contributed by atoms with E-state index in [9.17, 15) is 4.39 Å². The Kier molecular flexibility index (Phi) is 4.61. The van der Waals surface area contributed by atoms with Gasteiger partial charge < -0.3 is 9.73 Å². The van der Waals surface area contributed by atoms with E-state index in [1.54, 1.807) is 12.3 Å². The molecule has 102 valence electrons. The Morgan fingerprint density at radius 1 is 1.37 bits per heavy atom. The molecule has 0 aliphatic heterocycles. The second-order valence-corrected chi connectivity index (χ2v) is 4.96. The summed E-state index contributed by atoms with van der Waals surface area (Å²) >= 11 is 5.69. The summed E-state index contributed by atoms with van der Waals surface area (Å²) in [6, 6.07) is 7.04. The van der Waals surface area contributed by atoms with Gasteiger partial charge in [0.1, 0.15) is 11.6 Å². The molecule has 2 rings (SSSR count). The molecule has 1 heterocycles. The molecule has 2 nitrogen and oxygen atoms in total. The number of nitrogens with one attached hydrogen (secondary N) is 1. The van der Waals surface area contributed by atoms with E-state index in [4.69, 9.17) is 16.0 Å². The first kappa shape index (κ1) is 14.1. The molecule has 1 unspecified atom stereocenters. The standard InChI is InChI=1S/C15H17ClFNO/c1-3-18-15(12-6-10(2)19-9-12)8-11-4-5-13(16)14(17)7-11/h4-7,9,15,18H,3,8H2,1-2H3. The van der Waals surface area contributed by atoms with Crippen molar-refractivity contribution in [2.24, 2.45) is 0 Å². The van der Waals surface area contributed by atoms with Crippen molar-refractivity contribution < 1.29 is 8.81 Å². The van der Waals surface area contributed by atoms with Crippen molar-refractivity contribution in [2.45, 2.75) is 26.3 Å². The molecule has 0 spiro atoms. The summed E-state index contributed by atoms with van der Waals surface area (Å²) in [5, 5.41) is 3.53. The Labute approximate surface area is 117 Å². The molecule has 1 aromatic carbocycles. The zero-order valence-electron chi connectivity index (χ0n) is 11.0. The van der Waals surface area contributed by atoms with E-state index in [1.165, 1.54) is 6.07 Å². The van der Waals surface area contributed by atoms with Crippen LogP contribution in [0.1, 0.15) is 29.9 Å². The van der Waals surface area contributed by atoms with Crippen molar-refractivity contribution in [3.05, 3.63) is 58.3 Å². The van der Waals surface area contributed by atoms with E-state index in [0.717, 1.165) is 23.4 Å². The van der Waals surface area contributed by atoms with Crippen LogP contribution in [0, 0.1) is 12.7 Å². The molecule has 0 aliphatic rings. The molecule has 0 saturated carbocycles. The van der Waals surface area contributed by atoms with E-state index in [2.05, 4.69) is 5.32 Å². The number of benzene rings is 1. The minimum Gasteiger partial charge on any atom is -0.469 e. The zero-order valence-corrected chi connectivity index (χ0v) is 11.8. The Hall–Kier alpha value is -1.32. The summed E-state index contributed by atoms with van der Waals surface area (Å²) < 4.78 is 18.8. The number of aryl methyl sites for hydroxylation is 1. The molecule has 4 heteroatoms. The fraction of sp³-hybridized carbons (Fsp3) is 0.333. The van der Waals surface area contributed by atoms with Crippen molar-refractivity contribution >= 4 is 11.6 Å². The second kappa shape index (κ2) is 6.22. The van der Waals surface area contributed by atoms with E-state index >= 15 is 0 Å². The van der Waals surface area contributed by atoms with Crippen LogP contribution in [0.3, 0.4) is 0 Å². The third-order valence-corrected chi connectivity index (χ3v) is 3.33. The maximum absolute atomic E-state index is 13.5. The minimum atomic E-state index is -0.377. The molecule has 0 saturated heterocycles. The predicted molar refractivity (Wildman–Crippen MR) is 75.0 cm³/mol. The van der Waals surface area contributed by atoms with Gasteiger partial charge in [0.25, 0.3) is 0 Å². The lowest BCUT2D eigenvalue weighted by Crippen LogP contribution is -2.22. The van der Waals surface area contributed by atoms with E-state index in [1.807, 2.05) is 26.0 Å². The van der Waals surface area contributed by atoms with Crippen LogP contribution in [0.5, 0.6) is 0 Å². The molecular weight excluding hydrogens is 265 g/mol. The highest BCUT2D eigenvalue weighted by Gasteiger charge is 2.14. The van der Waals surface area contributed by atoms with E-state index in [-0.39, 0.29) is 16.9 Å². The van der Waals surface area contributed by atoms with Crippen LogP contribution in [0.25, 0.3) is 0 Å². The fourth-order valence-corrected chi connectivity index (χ4v) is 2.22. The number of halogens is 2. The fourth-order valence-electron chi connectivity index (χ4n) is 2.10. The largest absolute Gasteiger partial charge is 0.469 e. The van der Waals surface area contributed by atoms with Gasteiger partial charge in [-0.05, 0) is 43.7 Å². The molecule has 1 aromatic heterocycles. The first-order chi connectivity index (χ1) is 9.10. The summed E-state index contributed by atoms with van der Waals surface area (Å²) in [6.07, 6.45) is 2.44. The molecular formula is C15H17ClFNO. The number of furan rings is 1. The van der Waals surface area contributed by atoms with Gasteiger partial charge in [0.05, 0.1) is 11.3 Å². The monoisotopic (exact) mass is 281 g/mol. The van der Waals surface area contributed by atoms with Gasteiger partial charge in [-0.2, -0.15) is 0 Å². The topological polar surface area (TPSA) is 25.2 Å². The Bertz CT molecular complexity index is 553. The molecule has 19 heavy (non-hydrogen) atoms. The van der Waals surface area contributed by atoms with E-state index in [0.29, 0.717) is 6.42 Å². The zero-order chi connectivity index (χ0) is 13.8. The number of rotatable bonds is 5. The summed E-state index contributed by atoms with van der Waals surface area (Å²) in [6.45, 7) is 4.79. The van der Waals surface area contributed by atoms with Crippen LogP contribution in [0.2, 0.25) is 5.02 Å². The molecule has 1 atom stereocenters. The lowest BCUT2D eigenvalue weighted by atomic mass is 10.0. The van der Waals surface area contributed by atoms with Crippen LogP contribution in [0.15, 0.2) is 34.9 Å². The minimum absolute atomic E-state index is 0.114. The van der Waals surface area contributed by atoms with Crippen molar-refractivity contribution in [2.75, 3.05) is 6.54 Å². The van der Waals surface area contributed by atoms with Gasteiger partial charge >= 0.3 is 0 Å². The average Bonchev–Trinajstić information content (AvgIpc) is 2.80. The first-order valence-corrected chi connectivity index (χ1v) is 6.70. The molecule has 0 bridgehead atoms. The smallest absolute Gasteiger partial charge is 0.142 e. The molecule has 0 amide bonds. The average molecular weight is 282 g/mol. The molecule has 1 N–H and O–H groups in total. The lowest BCUT2D eigenvalue weighted by Gasteiger charge is -2.16. The van der Waals surface area contributed by atoms with Gasteiger partial charge in [-0.1, -0.05) is 24.6 Å². The van der Waals surface area contributed by atoms with Gasteiger partial charge in [-0.15, -0.1) is 0 Å². The van der Waals surface area contributed by atoms with Crippen LogP contribution >= 0.6 is 11.6 Å². The third-order valence-electron chi connectivity index (χ3n) is 3.03. The van der Waals surface area contributed by atoms with Crippen molar-refractivity contribution in [3.8, 4) is 0 Å². The maximum atomic E-state index is 13.5. The number of hydrogen-bond acceptors (Lipinski definition) is 2. The van der Waals surface area contributed by atoms with E-state index < -0.39 is 0 Å². The highest BCUT2D eigenvalue weighted by Crippen LogP contribution is 2.23. The summed E-state index contributed by atoms with van der Waals surface area (Å²) in [5.41, 5.74) is 1.99. The normalized spacial score (nSPS) is 12.6. The number of likely N-dealkylation sites (N-methyl/N-ethyl adjacent to an activating group) is 1. The van der Waals surface area contributed by atoms with Crippen LogP contribution < -0.4 is 5.32 Å². The lowest BCUT2D eigenvalue weighted by molar-refractivity contribution is 0.510. The van der Waals surface area contributed by atoms with Crippen molar-refractivity contribution in [1.82, 2.24) is 5.32 Å². The highest BCUT2D eigenvalue weighted by atomic mass is 35.5. The SMILES string of the molecule is CCNC(Cc1ccc(Cl)c(F)c1)c1coc(C)c1. The van der Waals surface area contributed by atoms with Gasteiger partial charge in [-0.3, -0.25) is 0 Å². The molecule has 0 radical (unpaired) electrons. The molecule has 0 aliphatic carbocycles. The van der Waals surface area contributed by atoms with Crippen LogP contribution in [0.4, 0.5) is 4.39 Å². The van der Waals surface area contributed by atoms with Crippen LogP contribution in [-0.4, -0.2) is 6.54 Å². The van der Waals surface area contributed by atoms with Gasteiger partial charge in [0.15, 0.2) is 0 Å². The summed E-state index contributed by atoms with van der Waals surface area (Å²) in [4.78, 5) is 0. The van der Waals surface area contributed by atoms with Crippen molar-refractivity contribution in [1.29, 1.82) is 0 Å². The summed E-state index contributed by atoms with van der Waals surface area (Å²) in [5.74, 6) is 0.498. The molecule has 2 aromatic rings. The Morgan fingerprint density at radius 3 is 2.74 bits per heavy atom. The predicted octanol–water partition coefficient (Wildman–Crippen LogP) is 4.27. The summed E-state index contributed by atoms with van der Waals surface area (Å²) in [7, 11) is 0. The Morgan fingerprint density at radius 2 is 2.16 bits per heavy atom. The maximum Gasteiger partial charge on any atom is 0.142 e. The highest BCUT2D eigenvalue weighted by molar-refractivity contribution is 6.30. The van der Waals surface area contributed by atoms with Crippen molar-refractivity contribution in [3.63, 3.8) is 0 Å². The Balaban J connectivity index is 2.18. The van der Waals surface area contributed by atoms with Gasteiger partial charge in [-0.25, -0.2) is 4.39 Å². The quantitative estimate of drug-likeness (QED) is 0.885. The first-order valence-electron chi connectivity index (χ1n) is 6.32.